The van der Waals surface area contributed by atoms with Gasteiger partial charge in [0.25, 0.3) is 0 Å². The highest BCUT2D eigenvalue weighted by Gasteiger charge is 2.66. The minimum absolute atomic E-state index is 0.159. The van der Waals surface area contributed by atoms with Crippen LogP contribution in [0.5, 0.6) is 0 Å². The molecule has 3 aliphatic carbocycles. The molecule has 0 aromatic carbocycles. The van der Waals surface area contributed by atoms with Crippen LogP contribution in [0.25, 0.3) is 0 Å². The van der Waals surface area contributed by atoms with Gasteiger partial charge in [0.15, 0.2) is 0 Å². The number of carboxylic acid groups (broad SMARTS) is 1. The van der Waals surface area contributed by atoms with Gasteiger partial charge < -0.3 is 10.4 Å². The van der Waals surface area contributed by atoms with Gasteiger partial charge >= 0.3 is 5.97 Å². The number of nitrogens with one attached hydrogen (secondary N) is 1. The lowest BCUT2D eigenvalue weighted by Gasteiger charge is -2.53. The lowest BCUT2D eigenvalue weighted by atomic mass is 9.52. The Morgan fingerprint density at radius 3 is 2.85 bits per heavy atom. The third-order valence-corrected chi connectivity index (χ3v) is 6.83. The van der Waals surface area contributed by atoms with E-state index >= 15 is 0 Å². The van der Waals surface area contributed by atoms with E-state index in [2.05, 4.69) is 26.1 Å². The van der Waals surface area contributed by atoms with Gasteiger partial charge in [0.2, 0.25) is 0 Å². The highest BCUT2D eigenvalue weighted by atomic mass is 16.4. The molecule has 1 spiro atoms. The number of allylic oxidation sites excluding steroid dienone is 1. The Bertz CT molecular complexity index is 470. The van der Waals surface area contributed by atoms with Crippen LogP contribution in [0.2, 0.25) is 0 Å². The minimum Gasteiger partial charge on any atom is -0.478 e. The van der Waals surface area contributed by atoms with E-state index in [1.165, 1.54) is 18.4 Å². The van der Waals surface area contributed by atoms with Crippen LogP contribution in [0.3, 0.4) is 0 Å². The molecule has 20 heavy (non-hydrogen) atoms. The predicted molar refractivity (Wildman–Crippen MR) is 79.5 cm³/mol. The summed E-state index contributed by atoms with van der Waals surface area (Å²) in [7, 11) is 0. The molecule has 3 aliphatic rings. The summed E-state index contributed by atoms with van der Waals surface area (Å²) in [6, 6.07) is 0. The Labute approximate surface area is 121 Å². The second-order valence-corrected chi connectivity index (χ2v) is 7.31. The number of fused-ring (bicyclic) bond motifs is 1. The Morgan fingerprint density at radius 1 is 1.45 bits per heavy atom. The molecular weight excluding hydrogens is 250 g/mol. The van der Waals surface area contributed by atoms with Gasteiger partial charge in [-0.05, 0) is 55.9 Å². The summed E-state index contributed by atoms with van der Waals surface area (Å²) in [6.07, 6.45) is 5.41. The van der Waals surface area contributed by atoms with Crippen LogP contribution in [0.15, 0.2) is 11.1 Å². The summed E-state index contributed by atoms with van der Waals surface area (Å²) >= 11 is 0. The zero-order valence-corrected chi connectivity index (χ0v) is 13.0. The molecule has 3 nitrogen and oxygen atoms in total. The Balaban J connectivity index is 2.09. The fourth-order valence-corrected chi connectivity index (χ4v) is 5.81. The standard InChI is InChI=1S/C17H27NO2/c1-4-18-10-16(3)12-6-5-11(2)17(16)8-7-13(15(19)20)14(17)9-12/h11-12,18H,4-10H2,1-3H3,(H,19,20)/t11-,12-,16-,17+/m1/s1. The molecule has 2 fully saturated rings. The number of carbonyl (C=O) groups is 1. The molecular formula is C17H27NO2. The molecule has 2 N–H and O–H groups in total. The van der Waals surface area contributed by atoms with E-state index < -0.39 is 5.97 Å². The zero-order chi connectivity index (χ0) is 14.5. The summed E-state index contributed by atoms with van der Waals surface area (Å²) in [5.41, 5.74) is 2.48. The van der Waals surface area contributed by atoms with Crippen LogP contribution in [0, 0.1) is 22.7 Å². The number of carboxylic acids is 1. The second kappa shape index (κ2) is 4.59. The lowest BCUT2D eigenvalue weighted by Crippen LogP contribution is -2.52. The van der Waals surface area contributed by atoms with Gasteiger partial charge in [-0.25, -0.2) is 4.79 Å². The summed E-state index contributed by atoms with van der Waals surface area (Å²) in [5.74, 6) is 0.626. The fraction of sp³-hybridized carbons (Fsp3) is 0.824. The Kier molecular flexibility index (Phi) is 3.24. The first-order chi connectivity index (χ1) is 9.47. The zero-order valence-electron chi connectivity index (χ0n) is 13.0. The topological polar surface area (TPSA) is 49.3 Å². The molecule has 0 aromatic rings. The Morgan fingerprint density at radius 2 is 2.20 bits per heavy atom. The van der Waals surface area contributed by atoms with E-state index in [0.717, 1.165) is 37.9 Å². The van der Waals surface area contributed by atoms with Crippen molar-refractivity contribution in [1.82, 2.24) is 5.32 Å². The third kappa shape index (κ3) is 1.53. The smallest absolute Gasteiger partial charge is 0.331 e. The first kappa shape index (κ1) is 14.1. The van der Waals surface area contributed by atoms with Crippen molar-refractivity contribution in [2.45, 2.75) is 52.9 Å². The van der Waals surface area contributed by atoms with Gasteiger partial charge in [-0.2, -0.15) is 0 Å². The van der Waals surface area contributed by atoms with Crippen molar-refractivity contribution < 1.29 is 9.90 Å². The Hall–Kier alpha value is -0.830. The first-order valence-corrected chi connectivity index (χ1v) is 8.14. The summed E-state index contributed by atoms with van der Waals surface area (Å²) < 4.78 is 0. The molecule has 0 aromatic heterocycles. The summed E-state index contributed by atoms with van der Waals surface area (Å²) in [5, 5.41) is 13.1. The van der Waals surface area contributed by atoms with Crippen molar-refractivity contribution in [2.24, 2.45) is 22.7 Å². The molecule has 3 rings (SSSR count). The van der Waals surface area contributed by atoms with Crippen LogP contribution in [0.1, 0.15) is 52.9 Å². The van der Waals surface area contributed by atoms with Crippen LogP contribution in [-0.4, -0.2) is 24.2 Å². The molecule has 0 unspecified atom stereocenters. The van der Waals surface area contributed by atoms with Crippen LogP contribution in [-0.2, 0) is 4.79 Å². The van der Waals surface area contributed by atoms with E-state index in [1.54, 1.807) is 0 Å². The fourth-order valence-electron chi connectivity index (χ4n) is 5.81. The van der Waals surface area contributed by atoms with Crippen molar-refractivity contribution in [3.8, 4) is 0 Å². The molecule has 4 atom stereocenters. The second-order valence-electron chi connectivity index (χ2n) is 7.31. The summed E-state index contributed by atoms with van der Waals surface area (Å²) in [4.78, 5) is 11.6. The van der Waals surface area contributed by atoms with E-state index in [4.69, 9.17) is 0 Å². The monoisotopic (exact) mass is 277 g/mol. The summed E-state index contributed by atoms with van der Waals surface area (Å²) in [6.45, 7) is 8.97. The van der Waals surface area contributed by atoms with Gasteiger partial charge in [-0.1, -0.05) is 26.3 Å². The lowest BCUT2D eigenvalue weighted by molar-refractivity contribution is -0.132. The molecule has 112 valence electrons. The normalized spacial score (nSPS) is 43.0. The minimum atomic E-state index is -0.664. The largest absolute Gasteiger partial charge is 0.478 e. The highest BCUT2D eigenvalue weighted by molar-refractivity contribution is 5.89. The van der Waals surface area contributed by atoms with Gasteiger partial charge in [0.05, 0.1) is 0 Å². The van der Waals surface area contributed by atoms with Crippen molar-refractivity contribution in [3.63, 3.8) is 0 Å². The van der Waals surface area contributed by atoms with Crippen molar-refractivity contribution >= 4 is 5.97 Å². The molecule has 0 saturated heterocycles. The maximum Gasteiger partial charge on any atom is 0.331 e. The van der Waals surface area contributed by atoms with E-state index in [-0.39, 0.29) is 10.8 Å². The quantitative estimate of drug-likeness (QED) is 0.829. The molecule has 0 aliphatic heterocycles. The predicted octanol–water partition coefficient (Wildman–Crippen LogP) is 3.21. The molecule has 0 amide bonds. The molecule has 0 radical (unpaired) electrons. The van der Waals surface area contributed by atoms with Gasteiger partial charge in [-0.3, -0.25) is 0 Å². The number of hydrogen-bond acceptors (Lipinski definition) is 2. The SMILES string of the molecule is CCNC[C@]1(C)[C@@H]2CC[C@@H](C)[C@]13CCC(C(=O)O)=C3C2. The van der Waals surface area contributed by atoms with Crippen molar-refractivity contribution in [1.29, 1.82) is 0 Å². The average Bonchev–Trinajstić information content (AvgIpc) is 2.84. The number of rotatable bonds is 4. The van der Waals surface area contributed by atoms with Crippen LogP contribution in [0.4, 0.5) is 0 Å². The van der Waals surface area contributed by atoms with E-state index in [0.29, 0.717) is 11.8 Å². The highest BCUT2D eigenvalue weighted by Crippen LogP contribution is 2.72. The number of aliphatic carboxylic acids is 1. The van der Waals surface area contributed by atoms with E-state index in [1.807, 2.05) is 0 Å². The van der Waals surface area contributed by atoms with Crippen LogP contribution >= 0.6 is 0 Å². The molecule has 2 saturated carbocycles. The number of hydrogen-bond donors (Lipinski definition) is 2. The van der Waals surface area contributed by atoms with Gasteiger partial charge in [-0.15, -0.1) is 0 Å². The van der Waals surface area contributed by atoms with Crippen molar-refractivity contribution in [3.05, 3.63) is 11.1 Å². The first-order valence-electron chi connectivity index (χ1n) is 8.14. The van der Waals surface area contributed by atoms with Gasteiger partial charge in [0, 0.05) is 17.5 Å². The third-order valence-electron chi connectivity index (χ3n) is 6.83. The van der Waals surface area contributed by atoms with Gasteiger partial charge in [0.1, 0.15) is 0 Å². The molecule has 0 heterocycles. The van der Waals surface area contributed by atoms with Crippen LogP contribution < -0.4 is 5.32 Å². The molecule has 2 bridgehead atoms. The molecule has 3 heteroatoms. The van der Waals surface area contributed by atoms with Crippen molar-refractivity contribution in [2.75, 3.05) is 13.1 Å². The van der Waals surface area contributed by atoms with E-state index in [9.17, 15) is 9.90 Å². The average molecular weight is 277 g/mol. The maximum absolute atomic E-state index is 11.6. The maximum atomic E-state index is 11.6.